The molecule has 2 aliphatic rings. The molecular weight excluding hydrogens is 594 g/mol. The van der Waals surface area contributed by atoms with Crippen LogP contribution in [-0.2, 0) is 17.3 Å². The minimum atomic E-state index is -4.94. The number of hydrogen-bond acceptors (Lipinski definition) is 7. The Balaban J connectivity index is 1.52. The van der Waals surface area contributed by atoms with Crippen molar-refractivity contribution < 1.29 is 49.1 Å². The van der Waals surface area contributed by atoms with Crippen molar-refractivity contribution in [2.24, 2.45) is 5.73 Å². The van der Waals surface area contributed by atoms with Crippen LogP contribution in [0.3, 0.4) is 0 Å². The van der Waals surface area contributed by atoms with Crippen LogP contribution in [0.15, 0.2) is 40.8 Å². The number of rotatable bonds is 6. The molecule has 5 rings (SSSR count). The maximum Gasteiger partial charge on any atom is 0.573 e. The lowest BCUT2D eigenvalue weighted by atomic mass is 9.95. The number of nitrogens with zero attached hydrogens (tertiary/aromatic N) is 4. The fraction of sp³-hybridized carbons (Fsp3) is 0.444. The second-order valence-electron chi connectivity index (χ2n) is 10.5. The molecule has 1 fully saturated rings. The van der Waals surface area contributed by atoms with Gasteiger partial charge in [-0.25, -0.2) is 22.0 Å². The number of likely N-dealkylation sites (N-methyl/N-ethyl adjacent to an activating group) is 1. The summed E-state index contributed by atoms with van der Waals surface area (Å²) >= 11 is 0. The zero-order valence-corrected chi connectivity index (χ0v) is 22.5. The second kappa shape index (κ2) is 11.0. The highest BCUT2D eigenvalue weighted by Crippen LogP contribution is 2.45. The van der Waals surface area contributed by atoms with Gasteiger partial charge < -0.3 is 19.8 Å². The minimum absolute atomic E-state index is 0.180. The molecule has 16 heteroatoms. The summed E-state index contributed by atoms with van der Waals surface area (Å²) in [5, 5.41) is 7.58. The zero-order chi connectivity index (χ0) is 31.3. The number of aromatic nitrogens is 2. The number of piperidine rings is 1. The second-order valence-corrected chi connectivity index (χ2v) is 10.5. The van der Waals surface area contributed by atoms with E-state index in [-0.39, 0.29) is 18.0 Å². The van der Waals surface area contributed by atoms with E-state index in [0.29, 0.717) is 12.6 Å². The van der Waals surface area contributed by atoms with Crippen molar-refractivity contribution in [3.05, 3.63) is 59.2 Å². The van der Waals surface area contributed by atoms with Crippen LogP contribution in [0.25, 0.3) is 11.5 Å². The Morgan fingerprint density at radius 1 is 1.09 bits per heavy atom. The number of anilines is 1. The molecule has 43 heavy (non-hydrogen) atoms. The first kappa shape index (κ1) is 30.7. The van der Waals surface area contributed by atoms with Gasteiger partial charge in [-0.05, 0) is 36.4 Å². The van der Waals surface area contributed by atoms with Crippen LogP contribution in [0.5, 0.6) is 5.75 Å². The maximum absolute atomic E-state index is 15.3. The number of alkyl halides is 7. The number of carbonyl (C=O) groups excluding carboxylic acids is 1. The third kappa shape index (κ3) is 6.59. The molecule has 2 atom stereocenters. The molecule has 0 spiro atoms. The van der Waals surface area contributed by atoms with Gasteiger partial charge in [0.1, 0.15) is 11.6 Å². The highest BCUT2D eigenvalue weighted by atomic mass is 19.4. The predicted molar refractivity (Wildman–Crippen MR) is 135 cm³/mol. The SMILES string of the molecule is CCN1CC(c2nnc(-c3cc4c(cc3F)C(F)(F)C[C@H](N)C(=O)N4Cc3ccc(OC(F)(F)F)cc3)o2)CC(F)(F)C1. The van der Waals surface area contributed by atoms with Crippen LogP contribution < -0.4 is 15.4 Å². The molecule has 8 nitrogen and oxygen atoms in total. The lowest BCUT2D eigenvalue weighted by Gasteiger charge is -2.35. The van der Waals surface area contributed by atoms with Crippen LogP contribution in [0.2, 0.25) is 0 Å². The van der Waals surface area contributed by atoms with Gasteiger partial charge in [0.15, 0.2) is 0 Å². The fourth-order valence-corrected chi connectivity index (χ4v) is 5.28. The lowest BCUT2D eigenvalue weighted by Crippen LogP contribution is -2.46. The summed E-state index contributed by atoms with van der Waals surface area (Å²) in [4.78, 5) is 15.6. The fourth-order valence-electron chi connectivity index (χ4n) is 5.28. The van der Waals surface area contributed by atoms with Gasteiger partial charge in [-0.2, -0.15) is 0 Å². The first-order valence-electron chi connectivity index (χ1n) is 13.1. The number of fused-ring (bicyclic) bond motifs is 1. The molecule has 1 aromatic heterocycles. The third-order valence-electron chi connectivity index (χ3n) is 7.27. The standard InChI is InChI=1S/C27H25F8N5O3/c1-2-39-12-15(9-25(29,30)13-39)22-37-38-23(42-22)17-7-21-18(8-19(17)28)26(31,32)10-20(36)24(41)40(21)11-14-3-5-16(6-4-14)43-27(33,34)35/h3-8,15,20H,2,9-13,36H2,1H3/t15?,20-/m0/s1. The van der Waals surface area contributed by atoms with Gasteiger partial charge in [0.25, 0.3) is 17.7 Å². The first-order chi connectivity index (χ1) is 20.0. The molecular formula is C27H25F8N5O3. The summed E-state index contributed by atoms with van der Waals surface area (Å²) in [6.07, 6.45) is -6.67. The van der Waals surface area contributed by atoms with Crippen molar-refractivity contribution in [2.75, 3.05) is 24.5 Å². The molecule has 1 amide bonds. The van der Waals surface area contributed by atoms with E-state index in [2.05, 4.69) is 14.9 Å². The molecule has 232 valence electrons. The molecule has 3 heterocycles. The smallest absolute Gasteiger partial charge is 0.420 e. The lowest BCUT2D eigenvalue weighted by molar-refractivity contribution is -0.274. The van der Waals surface area contributed by atoms with Crippen molar-refractivity contribution in [1.29, 1.82) is 0 Å². The van der Waals surface area contributed by atoms with Gasteiger partial charge in [0.05, 0.1) is 36.3 Å². The first-order valence-corrected chi connectivity index (χ1v) is 13.1. The molecule has 2 N–H and O–H groups in total. The topological polar surface area (TPSA) is 97.7 Å². The van der Waals surface area contributed by atoms with E-state index in [9.17, 15) is 26.7 Å². The number of carbonyl (C=O) groups is 1. The third-order valence-corrected chi connectivity index (χ3v) is 7.27. The summed E-state index contributed by atoms with van der Waals surface area (Å²) in [6, 6.07) is 4.05. The Hall–Kier alpha value is -3.79. The van der Waals surface area contributed by atoms with Crippen molar-refractivity contribution in [3.8, 4) is 17.2 Å². The van der Waals surface area contributed by atoms with Crippen LogP contribution in [0.4, 0.5) is 40.8 Å². The maximum atomic E-state index is 15.3. The van der Waals surface area contributed by atoms with E-state index in [4.69, 9.17) is 10.2 Å². The van der Waals surface area contributed by atoms with Crippen molar-refractivity contribution >= 4 is 11.6 Å². The summed E-state index contributed by atoms with van der Waals surface area (Å²) in [5.41, 5.74) is 4.21. The summed E-state index contributed by atoms with van der Waals surface area (Å²) < 4.78 is 121. The molecule has 2 aromatic carbocycles. The van der Waals surface area contributed by atoms with E-state index in [0.717, 1.165) is 23.1 Å². The van der Waals surface area contributed by atoms with Gasteiger partial charge >= 0.3 is 6.36 Å². The molecule has 3 aromatic rings. The number of ether oxygens (including phenoxy) is 1. The summed E-state index contributed by atoms with van der Waals surface area (Å²) in [6.45, 7) is 1.36. The Bertz CT molecular complexity index is 1490. The van der Waals surface area contributed by atoms with Crippen LogP contribution in [0, 0.1) is 5.82 Å². The van der Waals surface area contributed by atoms with Crippen LogP contribution in [0.1, 0.15) is 42.7 Å². The Labute approximate surface area is 239 Å². The zero-order valence-electron chi connectivity index (χ0n) is 22.5. The number of hydrogen-bond donors (Lipinski definition) is 1. The molecule has 1 unspecified atom stereocenters. The average Bonchev–Trinajstić information content (AvgIpc) is 3.38. The van der Waals surface area contributed by atoms with E-state index in [1.807, 2.05) is 0 Å². The Kier molecular flexibility index (Phi) is 7.88. The molecule has 1 saturated heterocycles. The normalized spacial score (nSPS) is 22.3. The van der Waals surface area contributed by atoms with Crippen molar-refractivity contribution in [2.45, 2.75) is 56.5 Å². The van der Waals surface area contributed by atoms with Gasteiger partial charge in [-0.1, -0.05) is 19.1 Å². The summed E-state index contributed by atoms with van der Waals surface area (Å²) in [7, 11) is 0. The minimum Gasteiger partial charge on any atom is -0.420 e. The number of halogens is 8. The van der Waals surface area contributed by atoms with Gasteiger partial charge in [-0.15, -0.1) is 23.4 Å². The molecule has 2 aliphatic heterocycles. The highest BCUT2D eigenvalue weighted by Gasteiger charge is 2.46. The average molecular weight is 620 g/mol. The van der Waals surface area contributed by atoms with E-state index >= 15 is 13.2 Å². The Morgan fingerprint density at radius 2 is 1.79 bits per heavy atom. The molecule has 0 bridgehead atoms. The Morgan fingerprint density at radius 3 is 2.44 bits per heavy atom. The number of amides is 1. The quantitative estimate of drug-likeness (QED) is 0.360. The van der Waals surface area contributed by atoms with Crippen LogP contribution in [-0.4, -0.2) is 59.0 Å². The van der Waals surface area contributed by atoms with Gasteiger partial charge in [0, 0.05) is 24.9 Å². The molecule has 0 saturated carbocycles. The van der Waals surface area contributed by atoms with Crippen LogP contribution >= 0.6 is 0 Å². The number of likely N-dealkylation sites (tertiary alicyclic amines) is 1. The van der Waals surface area contributed by atoms with Gasteiger partial charge in [-0.3, -0.25) is 9.69 Å². The molecule has 0 aliphatic carbocycles. The summed E-state index contributed by atoms with van der Waals surface area (Å²) in [5.74, 6) is -11.0. The largest absolute Gasteiger partial charge is 0.573 e. The van der Waals surface area contributed by atoms with Gasteiger partial charge in [0.2, 0.25) is 11.8 Å². The predicted octanol–water partition coefficient (Wildman–Crippen LogP) is 5.57. The van der Waals surface area contributed by atoms with E-state index in [1.54, 1.807) is 6.92 Å². The van der Waals surface area contributed by atoms with E-state index in [1.165, 1.54) is 17.0 Å². The monoisotopic (exact) mass is 619 g/mol. The molecule has 0 radical (unpaired) electrons. The number of nitrogens with two attached hydrogens (primary N) is 1. The highest BCUT2D eigenvalue weighted by molar-refractivity contribution is 5.99. The van der Waals surface area contributed by atoms with Crippen molar-refractivity contribution in [3.63, 3.8) is 0 Å². The van der Waals surface area contributed by atoms with E-state index < -0.39 is 96.3 Å². The number of benzene rings is 2. The van der Waals surface area contributed by atoms with Crippen molar-refractivity contribution in [1.82, 2.24) is 15.1 Å².